The Morgan fingerprint density at radius 3 is 2.74 bits per heavy atom. The minimum Gasteiger partial charge on any atom is -0.319 e. The van der Waals surface area contributed by atoms with Gasteiger partial charge in [-0.2, -0.15) is 5.26 Å². The number of pyridine rings is 1. The van der Waals surface area contributed by atoms with Crippen LogP contribution in [0.2, 0.25) is 0 Å². The van der Waals surface area contributed by atoms with E-state index in [0.29, 0.717) is 15.9 Å². The molecule has 4 nitrogen and oxygen atoms in total. The molecule has 0 aliphatic heterocycles. The maximum atomic E-state index is 12.0. The third-order valence-electron chi connectivity index (χ3n) is 2.30. The van der Waals surface area contributed by atoms with E-state index in [9.17, 15) is 4.79 Å². The first-order chi connectivity index (χ1) is 9.10. The Bertz CT molecular complexity index is 680. The number of hydrogen-bond donors (Lipinski definition) is 1. The van der Waals surface area contributed by atoms with Gasteiger partial charge in [-0.15, -0.1) is 0 Å². The van der Waals surface area contributed by atoms with E-state index in [4.69, 9.17) is 5.26 Å². The lowest BCUT2D eigenvalue weighted by molar-refractivity contribution is 0.102. The van der Waals surface area contributed by atoms with Crippen LogP contribution in [0.25, 0.3) is 0 Å². The molecule has 1 amide bonds. The van der Waals surface area contributed by atoms with Crippen LogP contribution < -0.4 is 5.32 Å². The lowest BCUT2D eigenvalue weighted by Crippen LogP contribution is -2.14. The molecule has 2 rings (SSSR count). The van der Waals surface area contributed by atoms with Crippen molar-refractivity contribution in [2.24, 2.45) is 0 Å². The summed E-state index contributed by atoms with van der Waals surface area (Å²) in [5.41, 5.74) is 1.12. The molecule has 0 unspecified atom stereocenters. The average molecular weight is 381 g/mol. The summed E-state index contributed by atoms with van der Waals surface area (Å²) in [6, 6.07) is 12.1. The lowest BCUT2D eigenvalue weighted by Gasteiger charge is -2.07. The third-order valence-corrected chi connectivity index (χ3v) is 3.23. The Kier molecular flexibility index (Phi) is 4.30. The molecule has 1 aromatic carbocycles. The van der Waals surface area contributed by atoms with E-state index >= 15 is 0 Å². The maximum Gasteiger partial charge on any atom is 0.274 e. The number of rotatable bonds is 2. The summed E-state index contributed by atoms with van der Waals surface area (Å²) < 4.78 is 1.36. The lowest BCUT2D eigenvalue weighted by atomic mass is 10.2. The standard InChI is InChI=1S/C13H7Br2N3O/c14-9-4-5-10(8(6-9)7-16)18-13(19)11-2-1-3-12(15)17-11/h1-6H,(H,18,19). The van der Waals surface area contributed by atoms with Crippen molar-refractivity contribution in [3.05, 3.63) is 56.7 Å². The molecule has 1 aromatic heterocycles. The molecule has 94 valence electrons. The third kappa shape index (κ3) is 3.40. The van der Waals surface area contributed by atoms with Crippen LogP contribution in [0.3, 0.4) is 0 Å². The molecule has 1 heterocycles. The van der Waals surface area contributed by atoms with E-state index in [2.05, 4.69) is 42.2 Å². The second kappa shape index (κ2) is 5.95. The van der Waals surface area contributed by atoms with Crippen LogP contribution >= 0.6 is 31.9 Å². The minimum absolute atomic E-state index is 0.279. The van der Waals surface area contributed by atoms with Gasteiger partial charge in [0.2, 0.25) is 0 Å². The van der Waals surface area contributed by atoms with Crippen LogP contribution in [-0.4, -0.2) is 10.9 Å². The molecular formula is C13H7Br2N3O. The zero-order valence-corrected chi connectivity index (χ0v) is 12.7. The van der Waals surface area contributed by atoms with Crippen LogP contribution in [0.4, 0.5) is 5.69 Å². The fourth-order valence-corrected chi connectivity index (χ4v) is 2.14. The first-order valence-electron chi connectivity index (χ1n) is 5.23. The van der Waals surface area contributed by atoms with Crippen molar-refractivity contribution in [1.82, 2.24) is 4.98 Å². The summed E-state index contributed by atoms with van der Waals surface area (Å²) in [6.07, 6.45) is 0. The molecule has 19 heavy (non-hydrogen) atoms. The van der Waals surface area contributed by atoms with E-state index in [0.717, 1.165) is 4.47 Å². The summed E-state index contributed by atoms with van der Waals surface area (Å²) in [7, 11) is 0. The predicted molar refractivity (Wildman–Crippen MR) is 78.7 cm³/mol. The fourth-order valence-electron chi connectivity index (χ4n) is 1.44. The number of amides is 1. The van der Waals surface area contributed by atoms with Gasteiger partial charge in [-0.25, -0.2) is 4.98 Å². The van der Waals surface area contributed by atoms with Crippen molar-refractivity contribution >= 4 is 43.5 Å². The van der Waals surface area contributed by atoms with Crippen LogP contribution in [0.5, 0.6) is 0 Å². The molecule has 0 radical (unpaired) electrons. The number of nitrogens with zero attached hydrogens (tertiary/aromatic N) is 2. The molecule has 0 saturated heterocycles. The molecule has 0 fully saturated rings. The molecule has 0 atom stereocenters. The highest BCUT2D eigenvalue weighted by atomic mass is 79.9. The average Bonchev–Trinajstić information content (AvgIpc) is 2.40. The zero-order valence-electron chi connectivity index (χ0n) is 9.52. The van der Waals surface area contributed by atoms with Gasteiger partial charge < -0.3 is 5.32 Å². The van der Waals surface area contributed by atoms with Gasteiger partial charge in [-0.1, -0.05) is 22.0 Å². The van der Waals surface area contributed by atoms with E-state index < -0.39 is 0 Å². The summed E-state index contributed by atoms with van der Waals surface area (Å²) in [5.74, 6) is -0.361. The van der Waals surface area contributed by atoms with Gasteiger partial charge >= 0.3 is 0 Å². The summed E-state index contributed by atoms with van der Waals surface area (Å²) >= 11 is 6.48. The van der Waals surface area contributed by atoms with Gasteiger partial charge in [0.25, 0.3) is 5.91 Å². The summed E-state index contributed by atoms with van der Waals surface area (Å²) in [4.78, 5) is 16.1. The van der Waals surface area contributed by atoms with Crippen LogP contribution in [0, 0.1) is 11.3 Å². The molecule has 0 aliphatic carbocycles. The first kappa shape index (κ1) is 13.7. The summed E-state index contributed by atoms with van der Waals surface area (Å²) in [5, 5.41) is 11.7. The van der Waals surface area contributed by atoms with Crippen molar-refractivity contribution in [2.75, 3.05) is 5.32 Å². The molecular weight excluding hydrogens is 374 g/mol. The highest BCUT2D eigenvalue weighted by Crippen LogP contribution is 2.20. The second-order valence-corrected chi connectivity index (χ2v) is 5.33. The minimum atomic E-state index is -0.361. The van der Waals surface area contributed by atoms with E-state index in [1.807, 2.05) is 6.07 Å². The van der Waals surface area contributed by atoms with Crippen molar-refractivity contribution in [1.29, 1.82) is 5.26 Å². The van der Waals surface area contributed by atoms with Gasteiger partial charge in [0.1, 0.15) is 16.4 Å². The van der Waals surface area contributed by atoms with Gasteiger partial charge in [-0.05, 0) is 46.3 Å². The second-order valence-electron chi connectivity index (χ2n) is 3.60. The molecule has 6 heteroatoms. The maximum absolute atomic E-state index is 12.0. The normalized spacial score (nSPS) is 9.74. The predicted octanol–water partition coefficient (Wildman–Crippen LogP) is 3.73. The van der Waals surface area contributed by atoms with Gasteiger partial charge in [-0.3, -0.25) is 4.79 Å². The monoisotopic (exact) mass is 379 g/mol. The van der Waals surface area contributed by atoms with Crippen molar-refractivity contribution in [3.8, 4) is 6.07 Å². The number of nitriles is 1. The molecule has 0 saturated carbocycles. The molecule has 0 bridgehead atoms. The number of halogens is 2. The molecule has 2 aromatic rings. The highest BCUT2D eigenvalue weighted by Gasteiger charge is 2.10. The number of carbonyl (C=O) groups is 1. The first-order valence-corrected chi connectivity index (χ1v) is 6.82. The van der Waals surface area contributed by atoms with E-state index in [1.165, 1.54) is 0 Å². The van der Waals surface area contributed by atoms with Crippen LogP contribution in [0.15, 0.2) is 45.5 Å². The molecule has 0 spiro atoms. The number of anilines is 1. The van der Waals surface area contributed by atoms with Crippen molar-refractivity contribution in [3.63, 3.8) is 0 Å². The zero-order chi connectivity index (χ0) is 13.8. The van der Waals surface area contributed by atoms with E-state index in [1.54, 1.807) is 36.4 Å². The quantitative estimate of drug-likeness (QED) is 0.807. The van der Waals surface area contributed by atoms with Crippen LogP contribution in [-0.2, 0) is 0 Å². The number of aromatic nitrogens is 1. The topological polar surface area (TPSA) is 65.8 Å². The smallest absolute Gasteiger partial charge is 0.274 e. The SMILES string of the molecule is N#Cc1cc(Br)ccc1NC(=O)c1cccc(Br)n1. The molecule has 1 N–H and O–H groups in total. The Morgan fingerprint density at radius 2 is 2.05 bits per heavy atom. The Morgan fingerprint density at radius 1 is 1.26 bits per heavy atom. The number of nitrogens with one attached hydrogen (secondary N) is 1. The highest BCUT2D eigenvalue weighted by molar-refractivity contribution is 9.10. The van der Waals surface area contributed by atoms with Gasteiger partial charge in [0.15, 0.2) is 0 Å². The van der Waals surface area contributed by atoms with Gasteiger partial charge in [0.05, 0.1) is 11.3 Å². The van der Waals surface area contributed by atoms with Crippen LogP contribution in [0.1, 0.15) is 16.1 Å². The van der Waals surface area contributed by atoms with Crippen molar-refractivity contribution in [2.45, 2.75) is 0 Å². The van der Waals surface area contributed by atoms with Gasteiger partial charge in [0, 0.05) is 4.47 Å². The van der Waals surface area contributed by atoms with Crippen molar-refractivity contribution < 1.29 is 4.79 Å². The fraction of sp³-hybridized carbons (Fsp3) is 0. The largest absolute Gasteiger partial charge is 0.319 e. The Balaban J connectivity index is 2.27. The molecule has 0 aliphatic rings. The Labute approximate surface area is 126 Å². The van der Waals surface area contributed by atoms with E-state index in [-0.39, 0.29) is 11.6 Å². The Hall–Kier alpha value is -1.71. The summed E-state index contributed by atoms with van der Waals surface area (Å²) in [6.45, 7) is 0. The number of carbonyl (C=O) groups excluding carboxylic acids is 1. The number of hydrogen-bond acceptors (Lipinski definition) is 3. The number of benzene rings is 1.